The molecule has 1 amide bonds. The highest BCUT2D eigenvalue weighted by Gasteiger charge is 2.38. The number of halogens is 2. The first-order valence-corrected chi connectivity index (χ1v) is 8.55. The summed E-state index contributed by atoms with van der Waals surface area (Å²) in [5.74, 6) is 4.00. The second kappa shape index (κ2) is 7.49. The minimum atomic E-state index is -1.04. The summed E-state index contributed by atoms with van der Waals surface area (Å²) in [7, 11) is 0. The number of nitrogens with one attached hydrogen (secondary N) is 1. The van der Waals surface area contributed by atoms with E-state index in [1.807, 2.05) is 30.3 Å². The molecule has 2 atom stereocenters. The van der Waals surface area contributed by atoms with Crippen LogP contribution >= 0.6 is 0 Å². The first-order valence-electron chi connectivity index (χ1n) is 8.55. The normalized spacial score (nSPS) is 18.0. The van der Waals surface area contributed by atoms with Crippen molar-refractivity contribution in [2.75, 3.05) is 0 Å². The topological polar surface area (TPSA) is 51.2 Å². The van der Waals surface area contributed by atoms with Crippen molar-refractivity contribution in [2.24, 2.45) is 0 Å². The highest BCUT2D eigenvalue weighted by atomic mass is 19.2. The third kappa shape index (κ3) is 3.55. The maximum Gasteiger partial charge on any atom is 0.408 e. The molecule has 1 aliphatic rings. The summed E-state index contributed by atoms with van der Waals surface area (Å²) in [6, 6.07) is 14.3. The Hall–Kier alpha value is -3.72. The number of hydrogen-bond acceptors (Lipinski definition) is 3. The standard InChI is InChI=1S/C22H14F2N2O2/c23-18-8-4-7-17(19(18)24)21-20(26-22(27)28-21)16-11-15(12-25-13-16)10-9-14-5-2-1-3-6-14/h1-8,11-13,20-21H,(H,26,27)/t20-,21-/m1/s1. The second-order valence-corrected chi connectivity index (χ2v) is 6.21. The number of ether oxygens (including phenoxy) is 1. The van der Waals surface area contributed by atoms with Crippen LogP contribution in [0.5, 0.6) is 0 Å². The van der Waals surface area contributed by atoms with Crippen molar-refractivity contribution in [3.8, 4) is 11.8 Å². The molecule has 0 unspecified atom stereocenters. The number of carbonyl (C=O) groups excluding carboxylic acids is 1. The Labute approximate surface area is 160 Å². The fourth-order valence-electron chi connectivity index (χ4n) is 3.02. The number of aromatic nitrogens is 1. The highest BCUT2D eigenvalue weighted by molar-refractivity contribution is 5.71. The van der Waals surface area contributed by atoms with Crippen molar-refractivity contribution in [2.45, 2.75) is 12.1 Å². The Morgan fingerprint density at radius 3 is 2.57 bits per heavy atom. The molecule has 1 N–H and O–H groups in total. The second-order valence-electron chi connectivity index (χ2n) is 6.21. The van der Waals surface area contributed by atoms with Crippen molar-refractivity contribution < 1.29 is 18.3 Å². The number of cyclic esters (lactones) is 1. The molecule has 1 saturated heterocycles. The van der Waals surface area contributed by atoms with Crippen LogP contribution in [0.4, 0.5) is 13.6 Å². The van der Waals surface area contributed by atoms with Crippen LogP contribution in [-0.4, -0.2) is 11.1 Å². The zero-order valence-electron chi connectivity index (χ0n) is 14.5. The minimum Gasteiger partial charge on any atom is -0.439 e. The van der Waals surface area contributed by atoms with Crippen LogP contribution in [-0.2, 0) is 4.74 Å². The number of carbonyl (C=O) groups is 1. The van der Waals surface area contributed by atoms with Crippen LogP contribution in [0.1, 0.15) is 34.4 Å². The van der Waals surface area contributed by atoms with Gasteiger partial charge in [0.05, 0.1) is 0 Å². The average molecular weight is 376 g/mol. The summed E-state index contributed by atoms with van der Waals surface area (Å²) in [6.45, 7) is 0. The Kier molecular flexibility index (Phi) is 4.73. The van der Waals surface area contributed by atoms with E-state index in [-0.39, 0.29) is 5.56 Å². The smallest absolute Gasteiger partial charge is 0.408 e. The minimum absolute atomic E-state index is 0.0378. The Morgan fingerprint density at radius 2 is 1.75 bits per heavy atom. The third-order valence-corrected chi connectivity index (χ3v) is 4.34. The lowest BCUT2D eigenvalue weighted by Gasteiger charge is -2.18. The molecule has 138 valence electrons. The number of rotatable bonds is 2. The van der Waals surface area contributed by atoms with Gasteiger partial charge in [-0.3, -0.25) is 4.98 Å². The van der Waals surface area contributed by atoms with Gasteiger partial charge in [0.25, 0.3) is 0 Å². The monoisotopic (exact) mass is 376 g/mol. The molecule has 1 fully saturated rings. The largest absolute Gasteiger partial charge is 0.439 e. The molecular weight excluding hydrogens is 362 g/mol. The Balaban J connectivity index is 1.67. The predicted molar refractivity (Wildman–Crippen MR) is 98.1 cm³/mol. The van der Waals surface area contributed by atoms with Crippen LogP contribution in [0.25, 0.3) is 0 Å². The quantitative estimate of drug-likeness (QED) is 0.679. The fourth-order valence-corrected chi connectivity index (χ4v) is 3.02. The predicted octanol–water partition coefficient (Wildman–Crippen LogP) is 4.28. The van der Waals surface area contributed by atoms with Gasteiger partial charge in [-0.25, -0.2) is 13.6 Å². The molecule has 4 nitrogen and oxygen atoms in total. The van der Waals surface area contributed by atoms with E-state index >= 15 is 0 Å². The summed E-state index contributed by atoms with van der Waals surface area (Å²) in [5, 5.41) is 2.63. The third-order valence-electron chi connectivity index (χ3n) is 4.34. The summed E-state index contributed by atoms with van der Waals surface area (Å²) in [4.78, 5) is 16.0. The number of benzene rings is 2. The van der Waals surface area contributed by atoms with E-state index in [1.165, 1.54) is 18.3 Å². The van der Waals surface area contributed by atoms with Gasteiger partial charge in [0, 0.05) is 29.1 Å². The summed E-state index contributed by atoms with van der Waals surface area (Å²) < 4.78 is 33.0. The van der Waals surface area contributed by atoms with Gasteiger partial charge in [0.15, 0.2) is 17.7 Å². The number of hydrogen-bond donors (Lipinski definition) is 1. The zero-order chi connectivity index (χ0) is 19.5. The lowest BCUT2D eigenvalue weighted by atomic mass is 9.96. The van der Waals surface area contributed by atoms with Crippen LogP contribution in [0.3, 0.4) is 0 Å². The lowest BCUT2D eigenvalue weighted by molar-refractivity contribution is 0.129. The van der Waals surface area contributed by atoms with Gasteiger partial charge >= 0.3 is 6.09 Å². The Bertz CT molecular complexity index is 1090. The molecule has 2 heterocycles. The van der Waals surface area contributed by atoms with Crippen LogP contribution in [0.2, 0.25) is 0 Å². The molecule has 2 aromatic carbocycles. The van der Waals surface area contributed by atoms with Gasteiger partial charge in [-0.2, -0.15) is 0 Å². The van der Waals surface area contributed by atoms with E-state index < -0.39 is 29.9 Å². The maximum atomic E-state index is 14.2. The van der Waals surface area contributed by atoms with Gasteiger partial charge in [-0.1, -0.05) is 42.2 Å². The molecule has 3 aromatic rings. The van der Waals surface area contributed by atoms with Gasteiger partial charge < -0.3 is 10.1 Å². The molecule has 1 aromatic heterocycles. The molecule has 0 radical (unpaired) electrons. The molecule has 4 rings (SSSR count). The summed E-state index contributed by atoms with van der Waals surface area (Å²) >= 11 is 0. The van der Waals surface area contributed by atoms with E-state index in [0.29, 0.717) is 11.1 Å². The molecule has 6 heteroatoms. The van der Waals surface area contributed by atoms with E-state index in [1.54, 1.807) is 12.3 Å². The highest BCUT2D eigenvalue weighted by Crippen LogP contribution is 2.38. The SMILES string of the molecule is O=C1N[C@H](c2cncc(C#Cc3ccccc3)c2)[C@@H](c2cccc(F)c2F)O1. The van der Waals surface area contributed by atoms with Gasteiger partial charge in [-0.15, -0.1) is 0 Å². The molecule has 0 spiro atoms. The van der Waals surface area contributed by atoms with Gasteiger partial charge in [-0.05, 0) is 29.8 Å². The molecule has 0 saturated carbocycles. The summed E-state index contributed by atoms with van der Waals surface area (Å²) in [6.07, 6.45) is 1.41. The van der Waals surface area contributed by atoms with E-state index in [4.69, 9.17) is 4.74 Å². The molecule has 28 heavy (non-hydrogen) atoms. The van der Waals surface area contributed by atoms with Crippen molar-refractivity contribution in [1.82, 2.24) is 10.3 Å². The van der Waals surface area contributed by atoms with Crippen molar-refractivity contribution in [1.29, 1.82) is 0 Å². The lowest BCUT2D eigenvalue weighted by Crippen LogP contribution is -2.20. The average Bonchev–Trinajstić information content (AvgIpc) is 3.11. The molecule has 0 bridgehead atoms. The van der Waals surface area contributed by atoms with E-state index in [0.717, 1.165) is 11.6 Å². The fraction of sp³-hybridized carbons (Fsp3) is 0.0909. The van der Waals surface area contributed by atoms with Crippen molar-refractivity contribution in [3.05, 3.63) is 101 Å². The Morgan fingerprint density at radius 1 is 0.964 bits per heavy atom. The van der Waals surface area contributed by atoms with Gasteiger partial charge in [0.2, 0.25) is 0 Å². The number of nitrogens with zero attached hydrogens (tertiary/aromatic N) is 1. The molecule has 1 aliphatic heterocycles. The first kappa shape index (κ1) is 17.7. The maximum absolute atomic E-state index is 14.2. The van der Waals surface area contributed by atoms with Gasteiger partial charge in [0.1, 0.15) is 6.04 Å². The first-order chi connectivity index (χ1) is 13.6. The summed E-state index contributed by atoms with van der Waals surface area (Å²) in [5.41, 5.74) is 2.02. The van der Waals surface area contributed by atoms with Crippen LogP contribution in [0, 0.1) is 23.5 Å². The van der Waals surface area contributed by atoms with Crippen LogP contribution < -0.4 is 5.32 Å². The van der Waals surface area contributed by atoms with E-state index in [9.17, 15) is 13.6 Å². The number of amides is 1. The molecular formula is C22H14F2N2O2. The molecule has 0 aliphatic carbocycles. The van der Waals surface area contributed by atoms with Crippen molar-refractivity contribution >= 4 is 6.09 Å². The van der Waals surface area contributed by atoms with Crippen LogP contribution in [0.15, 0.2) is 67.0 Å². The number of alkyl carbamates (subject to hydrolysis) is 1. The van der Waals surface area contributed by atoms with E-state index in [2.05, 4.69) is 22.1 Å². The zero-order valence-corrected chi connectivity index (χ0v) is 14.5. The van der Waals surface area contributed by atoms with Crippen molar-refractivity contribution in [3.63, 3.8) is 0 Å². The number of pyridine rings is 1.